The van der Waals surface area contributed by atoms with E-state index in [1.54, 1.807) is 0 Å². The van der Waals surface area contributed by atoms with Crippen LogP contribution in [0.25, 0.3) is 0 Å². The minimum absolute atomic E-state index is 0.268. The van der Waals surface area contributed by atoms with Gasteiger partial charge in [0, 0.05) is 32.4 Å². The lowest BCUT2D eigenvalue weighted by Gasteiger charge is -2.29. The maximum absolute atomic E-state index is 12.1. The lowest BCUT2D eigenvalue weighted by Crippen LogP contribution is -2.41. The molecule has 23 heavy (non-hydrogen) atoms. The number of amides is 2. The van der Waals surface area contributed by atoms with Crippen molar-refractivity contribution in [2.75, 3.05) is 31.6 Å². The van der Waals surface area contributed by atoms with Crippen molar-refractivity contribution in [2.24, 2.45) is 0 Å². The molecule has 1 heterocycles. The molecule has 1 aromatic rings. The van der Waals surface area contributed by atoms with Crippen molar-refractivity contribution < 1.29 is 18.0 Å². The van der Waals surface area contributed by atoms with E-state index in [0.29, 0.717) is 0 Å². The third-order valence-electron chi connectivity index (χ3n) is 3.86. The number of benzene rings is 1. The van der Waals surface area contributed by atoms with E-state index in [1.165, 1.54) is 31.2 Å². The summed E-state index contributed by atoms with van der Waals surface area (Å²) in [5.41, 5.74) is 2.04. The molecule has 1 N–H and O–H groups in total. The molecule has 0 radical (unpaired) electrons. The molecular weight excluding hydrogens is 307 g/mol. The summed E-state index contributed by atoms with van der Waals surface area (Å²) in [6.45, 7) is 1.06. The van der Waals surface area contributed by atoms with Crippen molar-refractivity contribution in [1.82, 2.24) is 10.2 Å². The number of nitrogens with zero attached hydrogens (tertiary/aromatic N) is 2. The van der Waals surface area contributed by atoms with Crippen LogP contribution < -0.4 is 10.2 Å². The summed E-state index contributed by atoms with van der Waals surface area (Å²) in [5.74, 6) is 0. The van der Waals surface area contributed by atoms with Crippen molar-refractivity contribution in [1.29, 1.82) is 0 Å². The average molecular weight is 329 g/mol. The quantitative estimate of drug-likeness (QED) is 0.919. The molecule has 0 saturated carbocycles. The zero-order chi connectivity index (χ0) is 16.9. The maximum atomic E-state index is 12.1. The Morgan fingerprint density at radius 2 is 1.78 bits per heavy atom. The van der Waals surface area contributed by atoms with Gasteiger partial charge < -0.3 is 15.1 Å². The monoisotopic (exact) mass is 329 g/mol. The van der Waals surface area contributed by atoms with Crippen LogP contribution in [-0.2, 0) is 6.54 Å². The van der Waals surface area contributed by atoms with Gasteiger partial charge in [0.1, 0.15) is 6.54 Å². The minimum Gasteiger partial charge on any atom is -0.372 e. The average Bonchev–Trinajstić information content (AvgIpc) is 2.53. The van der Waals surface area contributed by atoms with E-state index in [-0.39, 0.29) is 6.54 Å². The van der Waals surface area contributed by atoms with Gasteiger partial charge in [-0.05, 0) is 37.0 Å². The number of rotatable bonds is 4. The summed E-state index contributed by atoms with van der Waals surface area (Å²) in [5, 5.41) is 1.86. The van der Waals surface area contributed by atoms with E-state index >= 15 is 0 Å². The normalized spacial score (nSPS) is 15.4. The molecule has 0 bridgehead atoms. The van der Waals surface area contributed by atoms with Gasteiger partial charge in [-0.3, -0.25) is 0 Å². The Hall–Kier alpha value is -1.92. The summed E-state index contributed by atoms with van der Waals surface area (Å²) in [7, 11) is 1.48. The highest BCUT2D eigenvalue weighted by atomic mass is 19.4. The van der Waals surface area contributed by atoms with Crippen molar-refractivity contribution in [3.63, 3.8) is 0 Å². The highest BCUT2D eigenvalue weighted by Crippen LogP contribution is 2.20. The first kappa shape index (κ1) is 17.4. The van der Waals surface area contributed by atoms with Crippen LogP contribution in [0, 0.1) is 0 Å². The summed E-state index contributed by atoms with van der Waals surface area (Å²) in [6.07, 6.45) is -0.729. The molecule has 4 nitrogen and oxygen atoms in total. The van der Waals surface area contributed by atoms with Crippen LogP contribution in [0.5, 0.6) is 0 Å². The van der Waals surface area contributed by atoms with Crippen LogP contribution in [0.1, 0.15) is 24.8 Å². The predicted octanol–water partition coefficient (Wildman–Crippen LogP) is 3.38. The molecule has 0 aliphatic carbocycles. The van der Waals surface area contributed by atoms with E-state index in [2.05, 4.69) is 4.90 Å². The van der Waals surface area contributed by atoms with Gasteiger partial charge in [-0.25, -0.2) is 4.79 Å². The number of carbonyl (C=O) groups excluding carboxylic acids is 1. The Balaban J connectivity index is 1.86. The van der Waals surface area contributed by atoms with Crippen LogP contribution in [0.4, 0.5) is 23.7 Å². The Bertz CT molecular complexity index is 510. The van der Waals surface area contributed by atoms with Crippen LogP contribution in [0.2, 0.25) is 0 Å². The van der Waals surface area contributed by atoms with E-state index < -0.39 is 18.8 Å². The van der Waals surface area contributed by atoms with Gasteiger partial charge in [0.2, 0.25) is 0 Å². The van der Waals surface area contributed by atoms with Gasteiger partial charge in [-0.1, -0.05) is 12.1 Å². The predicted molar refractivity (Wildman–Crippen MR) is 83.4 cm³/mol. The Labute approximate surface area is 134 Å². The highest BCUT2D eigenvalue weighted by molar-refractivity contribution is 5.73. The van der Waals surface area contributed by atoms with E-state index in [0.717, 1.165) is 24.3 Å². The topological polar surface area (TPSA) is 35.6 Å². The molecule has 2 amide bonds. The summed E-state index contributed by atoms with van der Waals surface area (Å²) >= 11 is 0. The maximum Gasteiger partial charge on any atom is 0.405 e. The molecule has 0 atom stereocenters. The van der Waals surface area contributed by atoms with Gasteiger partial charge >= 0.3 is 12.2 Å². The van der Waals surface area contributed by atoms with Gasteiger partial charge in [0.15, 0.2) is 0 Å². The standard InChI is InChI=1S/C16H22F3N3O/c1-21(15(23)20-12-16(17,18)19)11-13-5-7-14(8-6-13)22-9-3-2-4-10-22/h5-8H,2-4,9-12H2,1H3,(H,20,23). The number of urea groups is 1. The van der Waals surface area contributed by atoms with Gasteiger partial charge in [0.05, 0.1) is 0 Å². The van der Waals surface area contributed by atoms with Crippen LogP contribution in [-0.4, -0.2) is 43.8 Å². The first-order valence-corrected chi connectivity index (χ1v) is 7.75. The lowest BCUT2D eigenvalue weighted by atomic mass is 10.1. The molecule has 2 rings (SSSR count). The third-order valence-corrected chi connectivity index (χ3v) is 3.86. The largest absolute Gasteiger partial charge is 0.405 e. The number of anilines is 1. The van der Waals surface area contributed by atoms with Gasteiger partial charge in [-0.15, -0.1) is 0 Å². The molecule has 1 fully saturated rings. The molecule has 1 aromatic carbocycles. The van der Waals surface area contributed by atoms with Crippen LogP contribution in [0.15, 0.2) is 24.3 Å². The van der Waals surface area contributed by atoms with Crippen LogP contribution >= 0.6 is 0 Å². The molecule has 7 heteroatoms. The fraction of sp³-hybridized carbons (Fsp3) is 0.562. The third kappa shape index (κ3) is 5.65. The Kier molecular flexibility index (Phi) is 5.74. The van der Waals surface area contributed by atoms with Crippen molar-refractivity contribution in [2.45, 2.75) is 32.0 Å². The summed E-state index contributed by atoms with van der Waals surface area (Å²) in [6, 6.07) is 7.10. The number of alkyl halides is 3. The second kappa shape index (κ2) is 7.57. The molecule has 1 aliphatic rings. The molecule has 1 aliphatic heterocycles. The Morgan fingerprint density at radius 1 is 1.17 bits per heavy atom. The highest BCUT2D eigenvalue weighted by Gasteiger charge is 2.28. The number of halogens is 3. The number of nitrogens with one attached hydrogen (secondary N) is 1. The molecule has 128 valence electrons. The van der Waals surface area contributed by atoms with Gasteiger partial charge in [-0.2, -0.15) is 13.2 Å². The zero-order valence-corrected chi connectivity index (χ0v) is 13.2. The second-order valence-electron chi connectivity index (χ2n) is 5.84. The SMILES string of the molecule is CN(Cc1ccc(N2CCCCC2)cc1)C(=O)NCC(F)(F)F. The number of carbonyl (C=O) groups is 1. The fourth-order valence-electron chi connectivity index (χ4n) is 2.62. The van der Waals surface area contributed by atoms with Crippen molar-refractivity contribution >= 4 is 11.7 Å². The lowest BCUT2D eigenvalue weighted by molar-refractivity contribution is -0.123. The zero-order valence-electron chi connectivity index (χ0n) is 13.2. The van der Waals surface area contributed by atoms with Crippen LogP contribution in [0.3, 0.4) is 0 Å². The number of hydrogen-bond acceptors (Lipinski definition) is 2. The minimum atomic E-state index is -4.40. The van der Waals surface area contributed by atoms with E-state index in [9.17, 15) is 18.0 Å². The second-order valence-corrected chi connectivity index (χ2v) is 5.84. The first-order chi connectivity index (χ1) is 10.8. The van der Waals surface area contributed by atoms with Gasteiger partial charge in [0.25, 0.3) is 0 Å². The van der Waals surface area contributed by atoms with Crippen molar-refractivity contribution in [3.05, 3.63) is 29.8 Å². The molecule has 1 saturated heterocycles. The van der Waals surface area contributed by atoms with E-state index in [4.69, 9.17) is 0 Å². The van der Waals surface area contributed by atoms with Crippen molar-refractivity contribution in [3.8, 4) is 0 Å². The Morgan fingerprint density at radius 3 is 2.35 bits per heavy atom. The number of hydrogen-bond donors (Lipinski definition) is 1. The van der Waals surface area contributed by atoms with E-state index in [1.807, 2.05) is 29.6 Å². The number of piperidine rings is 1. The molecule has 0 unspecified atom stereocenters. The molecule has 0 aromatic heterocycles. The first-order valence-electron chi connectivity index (χ1n) is 7.75. The fourth-order valence-corrected chi connectivity index (χ4v) is 2.62. The smallest absolute Gasteiger partial charge is 0.372 e. The summed E-state index contributed by atoms with van der Waals surface area (Å²) in [4.78, 5) is 15.2. The molecular formula is C16H22F3N3O. The summed E-state index contributed by atoms with van der Waals surface area (Å²) < 4.78 is 36.3. The molecule has 0 spiro atoms.